The second-order valence-corrected chi connectivity index (χ2v) is 12.7. The van der Waals surface area contributed by atoms with Crippen molar-refractivity contribution in [3.05, 3.63) is 12.2 Å². The molecular weight excluding hydrogens is 506 g/mol. The Morgan fingerprint density at radius 1 is 0.561 bits per heavy atom. The molecule has 0 rings (SSSR count). The van der Waals surface area contributed by atoms with Crippen LogP contribution in [0.5, 0.6) is 0 Å². The number of carbonyl (C=O) groups excluding carboxylic acids is 1. The van der Waals surface area contributed by atoms with E-state index in [2.05, 4.69) is 19.2 Å². The molecule has 0 aromatic rings. The summed E-state index contributed by atoms with van der Waals surface area (Å²) in [4.78, 5) is 12.3. The molecule has 0 spiro atoms. The molecule has 0 aromatic heterocycles. The van der Waals surface area contributed by atoms with Crippen LogP contribution in [0.4, 0.5) is 0 Å². The molecule has 0 aliphatic carbocycles. The molecule has 244 valence electrons. The molecule has 0 aliphatic heterocycles. The summed E-state index contributed by atoms with van der Waals surface area (Å²) >= 11 is 0. The zero-order valence-corrected chi connectivity index (χ0v) is 27.8. The van der Waals surface area contributed by atoms with Gasteiger partial charge < -0.3 is 15.5 Å². The van der Waals surface area contributed by atoms with Crippen LogP contribution in [0.1, 0.15) is 200 Å². The molecule has 4 nitrogen and oxygen atoms in total. The van der Waals surface area contributed by atoms with Crippen molar-refractivity contribution in [2.45, 2.75) is 212 Å². The monoisotopic (exact) mass is 580 g/mol. The van der Waals surface area contributed by atoms with Gasteiger partial charge in [-0.05, 0) is 19.3 Å². The van der Waals surface area contributed by atoms with E-state index in [1.54, 1.807) is 6.08 Å². The third-order valence-electron chi connectivity index (χ3n) is 8.52. The predicted octanol–water partition coefficient (Wildman–Crippen LogP) is 10.7. The number of rotatable bonds is 33. The topological polar surface area (TPSA) is 69.6 Å². The lowest BCUT2D eigenvalue weighted by atomic mass is 10.0. The summed E-state index contributed by atoms with van der Waals surface area (Å²) in [7, 11) is 0. The molecule has 41 heavy (non-hydrogen) atoms. The summed E-state index contributed by atoms with van der Waals surface area (Å²) in [5.41, 5.74) is 0. The Balaban J connectivity index is 3.50. The number of aliphatic hydroxyl groups excluding tert-OH is 2. The first kappa shape index (κ1) is 40.1. The summed E-state index contributed by atoms with van der Waals surface area (Å²) in [6.07, 6.45) is 40.2. The number of unbranched alkanes of at least 4 members (excludes halogenated alkanes) is 26. The molecule has 3 N–H and O–H groups in total. The Hall–Kier alpha value is -0.870. The lowest BCUT2D eigenvalue weighted by Gasteiger charge is -2.20. The summed E-state index contributed by atoms with van der Waals surface area (Å²) in [5.74, 6) is -0.0639. The molecule has 0 aliphatic rings. The molecular formula is C37H73NO3. The molecule has 2 atom stereocenters. The lowest BCUT2D eigenvalue weighted by Crippen LogP contribution is -2.45. The van der Waals surface area contributed by atoms with Gasteiger partial charge in [0, 0.05) is 6.42 Å². The number of hydrogen-bond donors (Lipinski definition) is 3. The van der Waals surface area contributed by atoms with E-state index in [-0.39, 0.29) is 12.5 Å². The van der Waals surface area contributed by atoms with E-state index in [4.69, 9.17) is 0 Å². The Morgan fingerprint density at radius 2 is 0.902 bits per heavy atom. The van der Waals surface area contributed by atoms with Crippen molar-refractivity contribution in [3.63, 3.8) is 0 Å². The Morgan fingerprint density at radius 3 is 1.27 bits per heavy atom. The molecule has 0 saturated heterocycles. The molecule has 0 heterocycles. The van der Waals surface area contributed by atoms with E-state index >= 15 is 0 Å². The fourth-order valence-corrected chi connectivity index (χ4v) is 5.65. The first-order chi connectivity index (χ1) is 20.2. The van der Waals surface area contributed by atoms with Gasteiger partial charge in [0.15, 0.2) is 0 Å². The van der Waals surface area contributed by atoms with Crippen molar-refractivity contribution >= 4 is 5.91 Å². The smallest absolute Gasteiger partial charge is 0.220 e. The molecule has 0 fully saturated rings. The van der Waals surface area contributed by atoms with Gasteiger partial charge in [0.1, 0.15) is 0 Å². The third-order valence-corrected chi connectivity index (χ3v) is 8.52. The number of aliphatic hydroxyl groups is 2. The zero-order valence-electron chi connectivity index (χ0n) is 27.8. The van der Waals surface area contributed by atoms with Crippen LogP contribution in [0.25, 0.3) is 0 Å². The number of allylic oxidation sites excluding steroid dienone is 1. The number of hydrogen-bond acceptors (Lipinski definition) is 3. The van der Waals surface area contributed by atoms with Crippen molar-refractivity contribution in [1.82, 2.24) is 5.32 Å². The van der Waals surface area contributed by atoms with E-state index in [0.717, 1.165) is 25.7 Å². The zero-order chi connectivity index (χ0) is 30.1. The molecule has 0 radical (unpaired) electrons. The van der Waals surface area contributed by atoms with Crippen LogP contribution in [-0.2, 0) is 4.79 Å². The van der Waals surface area contributed by atoms with Crippen molar-refractivity contribution < 1.29 is 15.0 Å². The quantitative estimate of drug-likeness (QED) is 0.0535. The second kappa shape index (κ2) is 33.6. The van der Waals surface area contributed by atoms with Crippen LogP contribution in [0.2, 0.25) is 0 Å². The number of carbonyl (C=O) groups is 1. The van der Waals surface area contributed by atoms with Crippen LogP contribution >= 0.6 is 0 Å². The third kappa shape index (κ3) is 30.4. The van der Waals surface area contributed by atoms with Gasteiger partial charge in [-0.1, -0.05) is 187 Å². The van der Waals surface area contributed by atoms with E-state index in [1.807, 2.05) is 6.08 Å². The summed E-state index contributed by atoms with van der Waals surface area (Å²) in [5, 5.41) is 22.8. The molecule has 0 bridgehead atoms. The first-order valence-electron chi connectivity index (χ1n) is 18.4. The standard InChI is InChI=1S/C37H73NO3/c1-3-5-7-9-11-13-14-15-16-17-18-19-20-21-22-23-25-27-29-31-33-37(41)38-35(34-39)36(40)32-30-28-26-24-12-10-8-6-4-2/h30,32,35-36,39-40H,3-29,31,33-34H2,1-2H3,(H,38,41)/b32-30+/t35-,36+/m0/s1. The number of amides is 1. The maximum absolute atomic E-state index is 12.3. The SMILES string of the molecule is CCCCCCCCC/C=C/[C@@H](O)[C@H](CO)NC(=O)CCCCCCCCCCCCCCCCCCCCCC. The minimum absolute atomic E-state index is 0.0639. The lowest BCUT2D eigenvalue weighted by molar-refractivity contribution is -0.123. The number of nitrogens with one attached hydrogen (secondary N) is 1. The Kier molecular flexibility index (Phi) is 32.9. The van der Waals surface area contributed by atoms with Crippen LogP contribution in [0, 0.1) is 0 Å². The second-order valence-electron chi connectivity index (χ2n) is 12.7. The average molecular weight is 580 g/mol. The first-order valence-corrected chi connectivity index (χ1v) is 18.4. The molecule has 0 aromatic carbocycles. The summed E-state index contributed by atoms with van der Waals surface area (Å²) in [6.45, 7) is 4.28. The van der Waals surface area contributed by atoms with Gasteiger partial charge in [0.05, 0.1) is 18.8 Å². The van der Waals surface area contributed by atoms with Gasteiger partial charge in [-0.15, -0.1) is 0 Å². The van der Waals surface area contributed by atoms with Crippen molar-refractivity contribution in [2.75, 3.05) is 6.61 Å². The average Bonchev–Trinajstić information content (AvgIpc) is 2.97. The van der Waals surface area contributed by atoms with Crippen LogP contribution < -0.4 is 5.32 Å². The van der Waals surface area contributed by atoms with Gasteiger partial charge in [0.25, 0.3) is 0 Å². The maximum atomic E-state index is 12.3. The normalized spacial score (nSPS) is 13.2. The predicted molar refractivity (Wildman–Crippen MR) is 179 cm³/mol. The van der Waals surface area contributed by atoms with Crippen molar-refractivity contribution in [3.8, 4) is 0 Å². The van der Waals surface area contributed by atoms with Crippen LogP contribution in [-0.4, -0.2) is 34.9 Å². The highest BCUT2D eigenvalue weighted by molar-refractivity contribution is 5.76. The van der Waals surface area contributed by atoms with Gasteiger partial charge in [-0.25, -0.2) is 0 Å². The minimum Gasteiger partial charge on any atom is -0.394 e. The molecule has 4 heteroatoms. The van der Waals surface area contributed by atoms with Gasteiger partial charge in [-0.3, -0.25) is 4.79 Å². The van der Waals surface area contributed by atoms with Gasteiger partial charge in [0.2, 0.25) is 5.91 Å². The van der Waals surface area contributed by atoms with Crippen molar-refractivity contribution in [2.24, 2.45) is 0 Å². The minimum atomic E-state index is -0.830. The Labute approximate surface area is 256 Å². The van der Waals surface area contributed by atoms with E-state index in [1.165, 1.54) is 154 Å². The van der Waals surface area contributed by atoms with Gasteiger partial charge in [-0.2, -0.15) is 0 Å². The van der Waals surface area contributed by atoms with Gasteiger partial charge >= 0.3 is 0 Å². The Bertz CT molecular complexity index is 550. The van der Waals surface area contributed by atoms with E-state index in [0.29, 0.717) is 6.42 Å². The highest BCUT2D eigenvalue weighted by Gasteiger charge is 2.17. The largest absolute Gasteiger partial charge is 0.394 e. The summed E-state index contributed by atoms with van der Waals surface area (Å²) < 4.78 is 0. The highest BCUT2D eigenvalue weighted by atomic mass is 16.3. The molecule has 1 amide bonds. The maximum Gasteiger partial charge on any atom is 0.220 e. The van der Waals surface area contributed by atoms with Crippen LogP contribution in [0.3, 0.4) is 0 Å². The highest BCUT2D eigenvalue weighted by Crippen LogP contribution is 2.15. The van der Waals surface area contributed by atoms with E-state index in [9.17, 15) is 15.0 Å². The summed E-state index contributed by atoms with van der Waals surface area (Å²) in [6, 6.07) is -0.613. The van der Waals surface area contributed by atoms with Crippen LogP contribution in [0.15, 0.2) is 12.2 Å². The van der Waals surface area contributed by atoms with Crippen molar-refractivity contribution in [1.29, 1.82) is 0 Å². The fraction of sp³-hybridized carbons (Fsp3) is 0.919. The fourth-order valence-electron chi connectivity index (χ4n) is 5.65. The molecule has 0 saturated carbocycles. The molecule has 0 unspecified atom stereocenters. The van der Waals surface area contributed by atoms with E-state index < -0.39 is 12.1 Å².